The molecule has 2 unspecified atom stereocenters. The van der Waals surface area contributed by atoms with Crippen molar-refractivity contribution in [2.75, 3.05) is 0 Å². The Bertz CT molecular complexity index is 318. The van der Waals surface area contributed by atoms with Crippen molar-refractivity contribution in [2.45, 2.75) is 26.4 Å². The molecule has 0 aliphatic heterocycles. The second-order valence-electron chi connectivity index (χ2n) is 4.50. The summed E-state index contributed by atoms with van der Waals surface area (Å²) >= 11 is 0. The van der Waals surface area contributed by atoms with E-state index in [1.165, 1.54) is 4.80 Å². The number of aliphatic hydroxyl groups is 1. The molecule has 1 aromatic rings. The maximum Gasteiger partial charge on any atom is 0.111 e. The Kier molecular flexibility index (Phi) is 1.70. The third-order valence-corrected chi connectivity index (χ3v) is 2.89. The number of nitrogens with zero attached hydrogens (tertiary/aromatic N) is 3. The molecule has 1 heterocycles. The third kappa shape index (κ3) is 1.46. The normalized spacial score (nSPS) is 27.2. The summed E-state index contributed by atoms with van der Waals surface area (Å²) in [5, 5.41) is 17.9. The zero-order valence-corrected chi connectivity index (χ0v) is 8.23. The first kappa shape index (κ1) is 8.69. The second kappa shape index (κ2) is 2.54. The topological polar surface area (TPSA) is 50.9 Å². The Balaban J connectivity index is 2.11. The van der Waals surface area contributed by atoms with Gasteiger partial charge in [-0.1, -0.05) is 13.8 Å². The lowest BCUT2D eigenvalue weighted by atomic mass is 10.0. The summed E-state index contributed by atoms with van der Waals surface area (Å²) in [6.07, 6.45) is 2.27. The molecule has 2 rings (SSSR count). The van der Waals surface area contributed by atoms with Crippen LogP contribution in [0.4, 0.5) is 0 Å². The van der Waals surface area contributed by atoms with Crippen LogP contribution >= 0.6 is 0 Å². The SMILES string of the molecule is Cn1ncc(C(O)C2CC2(C)C)n1. The Labute approximate surface area is 77.6 Å². The monoisotopic (exact) mass is 181 g/mol. The van der Waals surface area contributed by atoms with Gasteiger partial charge in [-0.2, -0.15) is 15.0 Å². The molecule has 0 saturated heterocycles. The molecule has 1 aromatic heterocycles. The van der Waals surface area contributed by atoms with Gasteiger partial charge in [0.15, 0.2) is 0 Å². The Morgan fingerprint density at radius 1 is 1.69 bits per heavy atom. The zero-order valence-electron chi connectivity index (χ0n) is 8.23. The van der Waals surface area contributed by atoms with Crippen LogP contribution in [0.5, 0.6) is 0 Å². The van der Waals surface area contributed by atoms with Crippen molar-refractivity contribution in [3.05, 3.63) is 11.9 Å². The minimum Gasteiger partial charge on any atom is -0.386 e. The van der Waals surface area contributed by atoms with E-state index in [-0.39, 0.29) is 5.41 Å². The lowest BCUT2D eigenvalue weighted by molar-refractivity contribution is 0.133. The van der Waals surface area contributed by atoms with E-state index in [2.05, 4.69) is 24.0 Å². The predicted octanol–water partition coefficient (Wildman–Crippen LogP) is 0.895. The fourth-order valence-corrected chi connectivity index (χ4v) is 1.75. The molecule has 13 heavy (non-hydrogen) atoms. The molecule has 1 aliphatic rings. The highest BCUT2D eigenvalue weighted by Crippen LogP contribution is 2.57. The van der Waals surface area contributed by atoms with Gasteiger partial charge >= 0.3 is 0 Å². The lowest BCUT2D eigenvalue weighted by Gasteiger charge is -2.08. The number of hydrogen-bond donors (Lipinski definition) is 1. The maximum atomic E-state index is 9.89. The molecule has 1 aliphatic carbocycles. The molecule has 0 spiro atoms. The fraction of sp³-hybridized carbons (Fsp3) is 0.778. The van der Waals surface area contributed by atoms with Crippen LogP contribution in [0.15, 0.2) is 6.20 Å². The van der Waals surface area contributed by atoms with Crippen molar-refractivity contribution in [3.63, 3.8) is 0 Å². The van der Waals surface area contributed by atoms with Gasteiger partial charge in [-0.3, -0.25) is 0 Å². The smallest absolute Gasteiger partial charge is 0.111 e. The maximum absolute atomic E-state index is 9.89. The summed E-state index contributed by atoms with van der Waals surface area (Å²) in [6.45, 7) is 4.33. The van der Waals surface area contributed by atoms with Crippen molar-refractivity contribution in [3.8, 4) is 0 Å². The van der Waals surface area contributed by atoms with Gasteiger partial charge in [0.2, 0.25) is 0 Å². The van der Waals surface area contributed by atoms with E-state index in [4.69, 9.17) is 0 Å². The average molecular weight is 181 g/mol. The molecular weight excluding hydrogens is 166 g/mol. The van der Waals surface area contributed by atoms with Crippen LogP contribution in [-0.2, 0) is 7.05 Å². The highest BCUT2D eigenvalue weighted by Gasteiger charge is 2.50. The summed E-state index contributed by atoms with van der Waals surface area (Å²) < 4.78 is 0. The predicted molar refractivity (Wildman–Crippen MR) is 47.9 cm³/mol. The van der Waals surface area contributed by atoms with Crippen LogP contribution in [0.25, 0.3) is 0 Å². The van der Waals surface area contributed by atoms with Gasteiger partial charge < -0.3 is 5.11 Å². The van der Waals surface area contributed by atoms with Crippen molar-refractivity contribution in [1.82, 2.24) is 15.0 Å². The molecule has 1 fully saturated rings. The molecule has 4 nitrogen and oxygen atoms in total. The van der Waals surface area contributed by atoms with Gasteiger partial charge in [-0.25, -0.2) is 0 Å². The Morgan fingerprint density at radius 3 is 2.69 bits per heavy atom. The van der Waals surface area contributed by atoms with Crippen LogP contribution in [-0.4, -0.2) is 20.1 Å². The van der Waals surface area contributed by atoms with E-state index in [0.717, 1.165) is 6.42 Å². The molecule has 1 N–H and O–H groups in total. The summed E-state index contributed by atoms with van der Waals surface area (Å²) in [6, 6.07) is 0. The van der Waals surface area contributed by atoms with E-state index in [9.17, 15) is 5.11 Å². The number of aromatic nitrogens is 3. The van der Waals surface area contributed by atoms with Crippen LogP contribution in [0.3, 0.4) is 0 Å². The van der Waals surface area contributed by atoms with E-state index in [1.54, 1.807) is 13.2 Å². The molecular formula is C9H15N3O. The fourth-order valence-electron chi connectivity index (χ4n) is 1.75. The first-order chi connectivity index (χ1) is 6.00. The molecule has 72 valence electrons. The molecule has 0 aromatic carbocycles. The lowest BCUT2D eigenvalue weighted by Crippen LogP contribution is -2.06. The molecule has 2 atom stereocenters. The van der Waals surface area contributed by atoms with Gasteiger partial charge in [0.05, 0.1) is 6.20 Å². The summed E-state index contributed by atoms with van der Waals surface area (Å²) in [5.41, 5.74) is 0.967. The van der Waals surface area contributed by atoms with Gasteiger partial charge in [0.1, 0.15) is 11.8 Å². The standard InChI is InChI=1S/C9H15N3O/c1-9(2)4-6(9)8(13)7-5-10-12(3)11-7/h5-6,8,13H,4H2,1-3H3. The summed E-state index contributed by atoms with van der Waals surface area (Å²) in [4.78, 5) is 1.48. The average Bonchev–Trinajstić information content (AvgIpc) is 2.47. The van der Waals surface area contributed by atoms with Crippen molar-refractivity contribution >= 4 is 0 Å². The van der Waals surface area contributed by atoms with Crippen LogP contribution in [0.1, 0.15) is 32.1 Å². The third-order valence-electron chi connectivity index (χ3n) is 2.89. The molecule has 0 radical (unpaired) electrons. The van der Waals surface area contributed by atoms with E-state index in [1.807, 2.05) is 0 Å². The van der Waals surface area contributed by atoms with E-state index >= 15 is 0 Å². The molecule has 0 bridgehead atoms. The van der Waals surface area contributed by atoms with Crippen molar-refractivity contribution in [2.24, 2.45) is 18.4 Å². The van der Waals surface area contributed by atoms with Gasteiger partial charge in [-0.15, -0.1) is 0 Å². The highest BCUT2D eigenvalue weighted by atomic mass is 16.3. The van der Waals surface area contributed by atoms with Gasteiger partial charge in [0.25, 0.3) is 0 Å². The van der Waals surface area contributed by atoms with E-state index in [0.29, 0.717) is 11.6 Å². The first-order valence-corrected chi connectivity index (χ1v) is 4.55. The number of aliphatic hydroxyl groups excluding tert-OH is 1. The number of aryl methyl sites for hydroxylation is 1. The van der Waals surface area contributed by atoms with Crippen LogP contribution < -0.4 is 0 Å². The van der Waals surface area contributed by atoms with Crippen LogP contribution in [0.2, 0.25) is 0 Å². The zero-order chi connectivity index (χ0) is 9.64. The largest absolute Gasteiger partial charge is 0.386 e. The number of rotatable bonds is 2. The van der Waals surface area contributed by atoms with Crippen molar-refractivity contribution in [1.29, 1.82) is 0 Å². The second-order valence-corrected chi connectivity index (χ2v) is 4.50. The quantitative estimate of drug-likeness (QED) is 0.737. The Hall–Kier alpha value is -0.900. The van der Waals surface area contributed by atoms with Crippen molar-refractivity contribution < 1.29 is 5.11 Å². The summed E-state index contributed by atoms with van der Waals surface area (Å²) in [5.74, 6) is 0.351. The minimum atomic E-state index is -0.441. The molecule has 4 heteroatoms. The van der Waals surface area contributed by atoms with E-state index < -0.39 is 6.10 Å². The summed E-state index contributed by atoms with van der Waals surface area (Å²) in [7, 11) is 1.76. The van der Waals surface area contributed by atoms with Gasteiger partial charge in [-0.05, 0) is 17.8 Å². The Morgan fingerprint density at radius 2 is 2.31 bits per heavy atom. The minimum absolute atomic E-state index is 0.275. The first-order valence-electron chi connectivity index (χ1n) is 4.55. The molecule has 1 saturated carbocycles. The van der Waals surface area contributed by atoms with Gasteiger partial charge in [0, 0.05) is 7.05 Å². The number of hydrogen-bond acceptors (Lipinski definition) is 3. The molecule has 0 amide bonds. The van der Waals surface area contributed by atoms with Crippen LogP contribution in [0, 0.1) is 11.3 Å². The highest BCUT2D eigenvalue weighted by molar-refractivity contribution is 5.08.